The topological polar surface area (TPSA) is 97.3 Å². The maximum absolute atomic E-state index is 12.5. The van der Waals surface area contributed by atoms with Gasteiger partial charge in [-0.1, -0.05) is 32.6 Å². The van der Waals surface area contributed by atoms with Gasteiger partial charge in [-0.15, -0.1) is 4.99 Å². The lowest BCUT2D eigenvalue weighted by atomic mass is 10.0. The minimum absolute atomic E-state index is 0.143. The van der Waals surface area contributed by atoms with Crippen LogP contribution in [-0.4, -0.2) is 54.1 Å². The molecule has 8 nitrogen and oxygen atoms in total. The zero-order valence-corrected chi connectivity index (χ0v) is 18.1. The number of carbonyl (C=O) groups is 3. The van der Waals surface area contributed by atoms with Gasteiger partial charge in [0.05, 0.1) is 0 Å². The SMILES string of the molecule is [2H]C([2H])([2H])N1CC(=O)OC(CC)CCCCCCCCC(=O)NC1=NC(=O)OC(C)(C)C. The molecule has 0 radical (unpaired) electrons. The van der Waals surface area contributed by atoms with Gasteiger partial charge in [0.2, 0.25) is 11.9 Å². The number of rotatable bonds is 1. The third-order valence-corrected chi connectivity index (χ3v) is 4.32. The summed E-state index contributed by atoms with van der Waals surface area (Å²) in [6.07, 6.45) is 5.46. The van der Waals surface area contributed by atoms with Crippen LogP contribution in [-0.2, 0) is 19.1 Å². The van der Waals surface area contributed by atoms with Crippen molar-refractivity contribution in [2.24, 2.45) is 4.99 Å². The van der Waals surface area contributed by atoms with Crippen LogP contribution in [0.3, 0.4) is 0 Å². The molecule has 1 aliphatic heterocycles. The van der Waals surface area contributed by atoms with Crippen molar-refractivity contribution in [2.45, 2.75) is 97.2 Å². The molecule has 1 fully saturated rings. The number of carbonyl (C=O) groups excluding carboxylic acids is 3. The number of guanidine groups is 1. The van der Waals surface area contributed by atoms with Crippen LogP contribution in [0.1, 0.15) is 89.6 Å². The Labute approximate surface area is 178 Å². The van der Waals surface area contributed by atoms with Crippen LogP contribution in [0.15, 0.2) is 4.99 Å². The molecule has 1 saturated heterocycles. The third kappa shape index (κ3) is 11.5. The van der Waals surface area contributed by atoms with Crippen LogP contribution in [0.4, 0.5) is 4.79 Å². The number of amides is 2. The number of cyclic esters (lactones) is 1. The number of esters is 1. The summed E-state index contributed by atoms with van der Waals surface area (Å²) in [6.45, 7) is 3.23. The molecule has 0 aromatic rings. The van der Waals surface area contributed by atoms with E-state index in [1.807, 2.05) is 6.92 Å². The number of aliphatic imine (C=N–C) groups is 1. The second kappa shape index (κ2) is 12.4. The van der Waals surface area contributed by atoms with Gasteiger partial charge in [0.1, 0.15) is 18.2 Å². The van der Waals surface area contributed by atoms with Gasteiger partial charge >= 0.3 is 12.1 Å². The highest BCUT2D eigenvalue weighted by Gasteiger charge is 2.21. The standard InChI is InChI=1S/C21H37N3O5/c1-6-16-13-11-9-7-8-10-12-14-17(25)22-19(24(5)15-18(26)28-16)23-20(27)29-21(2,3)4/h16H,6-15H2,1-5H3,(H,22,23,25,27)/i5D3. The summed E-state index contributed by atoms with van der Waals surface area (Å²) in [5.41, 5.74) is -0.873. The summed E-state index contributed by atoms with van der Waals surface area (Å²) in [5, 5.41) is 2.39. The van der Waals surface area contributed by atoms with Gasteiger partial charge in [0.15, 0.2) is 0 Å². The van der Waals surface area contributed by atoms with Crippen molar-refractivity contribution in [3.8, 4) is 0 Å². The highest BCUT2D eigenvalue weighted by molar-refractivity contribution is 6.01. The molecule has 1 aliphatic rings. The Kier molecular flexibility index (Phi) is 8.65. The fourth-order valence-corrected chi connectivity index (χ4v) is 2.85. The number of ether oxygens (including phenoxy) is 2. The molecule has 0 aromatic carbocycles. The first-order valence-corrected chi connectivity index (χ1v) is 10.4. The molecule has 1 atom stereocenters. The van der Waals surface area contributed by atoms with Gasteiger partial charge in [-0.2, -0.15) is 0 Å². The van der Waals surface area contributed by atoms with Crippen molar-refractivity contribution in [1.82, 2.24) is 10.2 Å². The molecule has 0 bridgehead atoms. The summed E-state index contributed by atoms with van der Waals surface area (Å²) in [4.78, 5) is 41.5. The molecule has 1 heterocycles. The van der Waals surface area contributed by atoms with E-state index in [0.717, 1.165) is 32.1 Å². The van der Waals surface area contributed by atoms with Crippen molar-refractivity contribution >= 4 is 23.9 Å². The Bertz CT molecular complexity index is 675. The molecule has 1 rings (SSSR count). The highest BCUT2D eigenvalue weighted by Crippen LogP contribution is 2.14. The van der Waals surface area contributed by atoms with Gasteiger partial charge in [-0.3, -0.25) is 14.9 Å². The Hall–Kier alpha value is -2.12. The predicted molar refractivity (Wildman–Crippen MR) is 112 cm³/mol. The fourth-order valence-electron chi connectivity index (χ4n) is 2.85. The van der Waals surface area contributed by atoms with E-state index in [9.17, 15) is 14.4 Å². The molecule has 29 heavy (non-hydrogen) atoms. The van der Waals surface area contributed by atoms with Gasteiger partial charge in [0, 0.05) is 17.5 Å². The highest BCUT2D eigenvalue weighted by atomic mass is 16.6. The molecule has 166 valence electrons. The second-order valence-electron chi connectivity index (χ2n) is 8.23. The Morgan fingerprint density at radius 3 is 2.52 bits per heavy atom. The summed E-state index contributed by atoms with van der Waals surface area (Å²) >= 11 is 0. The number of hydrogen-bond acceptors (Lipinski definition) is 5. The first kappa shape index (κ1) is 20.2. The molecule has 0 aliphatic carbocycles. The smallest absolute Gasteiger partial charge is 0.437 e. The Morgan fingerprint density at radius 1 is 1.24 bits per heavy atom. The molecule has 1 N–H and O–H groups in total. The number of nitrogens with one attached hydrogen (secondary N) is 1. The van der Waals surface area contributed by atoms with E-state index in [-0.39, 0.29) is 12.5 Å². The number of hydrogen-bond donors (Lipinski definition) is 1. The molecular weight excluding hydrogens is 374 g/mol. The van der Waals surface area contributed by atoms with Crippen LogP contribution in [0.5, 0.6) is 0 Å². The van der Waals surface area contributed by atoms with Crippen molar-refractivity contribution < 1.29 is 28.0 Å². The average molecular weight is 415 g/mol. The van der Waals surface area contributed by atoms with Crippen molar-refractivity contribution in [3.63, 3.8) is 0 Å². The van der Waals surface area contributed by atoms with E-state index in [0.29, 0.717) is 24.2 Å². The van der Waals surface area contributed by atoms with E-state index in [2.05, 4.69) is 10.3 Å². The molecule has 1 unspecified atom stereocenters. The first-order chi connectivity index (χ1) is 14.8. The summed E-state index contributed by atoms with van der Waals surface area (Å²) in [5.74, 6) is -1.82. The van der Waals surface area contributed by atoms with Crippen LogP contribution >= 0.6 is 0 Å². The Balaban J connectivity index is 3.22. The van der Waals surface area contributed by atoms with E-state index in [1.165, 1.54) is 0 Å². The molecule has 0 aromatic heterocycles. The van der Waals surface area contributed by atoms with Crippen LogP contribution in [0.2, 0.25) is 0 Å². The van der Waals surface area contributed by atoms with E-state index in [1.54, 1.807) is 20.8 Å². The molecule has 0 spiro atoms. The van der Waals surface area contributed by atoms with E-state index < -0.39 is 43.1 Å². The normalized spacial score (nSPS) is 24.7. The lowest BCUT2D eigenvalue weighted by Crippen LogP contribution is -2.45. The van der Waals surface area contributed by atoms with Crippen molar-refractivity contribution in [2.75, 3.05) is 13.5 Å². The maximum Gasteiger partial charge on any atom is 0.437 e. The van der Waals surface area contributed by atoms with Crippen molar-refractivity contribution in [3.05, 3.63) is 0 Å². The zero-order valence-electron chi connectivity index (χ0n) is 21.1. The predicted octanol–water partition coefficient (Wildman–Crippen LogP) is 3.78. The van der Waals surface area contributed by atoms with E-state index in [4.69, 9.17) is 13.6 Å². The van der Waals surface area contributed by atoms with Crippen molar-refractivity contribution in [1.29, 1.82) is 0 Å². The first-order valence-electron chi connectivity index (χ1n) is 11.9. The van der Waals surface area contributed by atoms with Gasteiger partial charge < -0.3 is 14.4 Å². The number of likely N-dealkylation sites (N-methyl/N-ethyl adjacent to an activating group) is 1. The average Bonchev–Trinajstić information content (AvgIpc) is 2.63. The van der Waals surface area contributed by atoms with Crippen LogP contribution in [0, 0.1) is 0 Å². The minimum atomic E-state index is -2.86. The van der Waals surface area contributed by atoms with Gasteiger partial charge in [-0.25, -0.2) is 4.79 Å². The lowest BCUT2D eigenvalue weighted by molar-refractivity contribution is -0.149. The monoisotopic (exact) mass is 414 g/mol. The molecular formula is C21H37N3O5. The molecule has 8 heteroatoms. The minimum Gasteiger partial charge on any atom is -0.461 e. The fraction of sp³-hybridized carbons (Fsp3) is 0.810. The van der Waals surface area contributed by atoms with E-state index >= 15 is 0 Å². The maximum atomic E-state index is 12.5. The lowest BCUT2D eigenvalue weighted by Gasteiger charge is -2.23. The van der Waals surface area contributed by atoms with Crippen LogP contribution < -0.4 is 5.32 Å². The second-order valence-corrected chi connectivity index (χ2v) is 8.23. The summed E-state index contributed by atoms with van der Waals surface area (Å²) in [6, 6.07) is 0. The molecule has 2 amide bonds. The van der Waals surface area contributed by atoms with Gasteiger partial charge in [-0.05, 0) is 46.5 Å². The zero-order chi connectivity index (χ0) is 24.4. The third-order valence-electron chi connectivity index (χ3n) is 4.32. The van der Waals surface area contributed by atoms with Crippen LogP contribution in [0.25, 0.3) is 0 Å². The quantitative estimate of drug-likeness (QED) is 0.656. The number of nitrogens with zero attached hydrogens (tertiary/aromatic N) is 2. The largest absolute Gasteiger partial charge is 0.461 e. The molecule has 0 saturated carbocycles. The Morgan fingerprint density at radius 2 is 1.90 bits per heavy atom. The summed E-state index contributed by atoms with van der Waals surface area (Å²) < 4.78 is 34.1. The summed E-state index contributed by atoms with van der Waals surface area (Å²) in [7, 11) is 0. The van der Waals surface area contributed by atoms with Gasteiger partial charge in [0.25, 0.3) is 0 Å².